The second-order valence-electron chi connectivity index (χ2n) is 5.51. The third kappa shape index (κ3) is 2.93. The van der Waals surface area contributed by atoms with Crippen molar-refractivity contribution < 1.29 is 14.3 Å². The number of hydrogen-bond acceptors (Lipinski definition) is 4. The van der Waals surface area contributed by atoms with Crippen LogP contribution in [0.2, 0.25) is 0 Å². The molecule has 1 N–H and O–H groups in total. The monoisotopic (exact) mass is 298 g/mol. The number of amides is 1. The number of rotatable bonds is 2. The summed E-state index contributed by atoms with van der Waals surface area (Å²) in [5, 5.41) is 3.51. The maximum atomic E-state index is 12.5. The van der Waals surface area contributed by atoms with Gasteiger partial charge in [0.15, 0.2) is 6.10 Å². The number of aromatic nitrogens is 1. The first-order valence-electron chi connectivity index (χ1n) is 7.50. The van der Waals surface area contributed by atoms with Crippen molar-refractivity contribution in [2.24, 2.45) is 0 Å². The van der Waals surface area contributed by atoms with Crippen molar-refractivity contribution in [1.29, 1.82) is 0 Å². The van der Waals surface area contributed by atoms with E-state index < -0.39 is 12.1 Å². The van der Waals surface area contributed by atoms with Gasteiger partial charge in [-0.1, -0.05) is 18.2 Å². The third-order valence-corrected chi connectivity index (χ3v) is 3.80. The third-order valence-electron chi connectivity index (χ3n) is 3.80. The first-order chi connectivity index (χ1) is 10.6. The first kappa shape index (κ1) is 14.5. The van der Waals surface area contributed by atoms with Crippen molar-refractivity contribution >= 4 is 22.8 Å². The highest BCUT2D eigenvalue weighted by atomic mass is 16.5. The van der Waals surface area contributed by atoms with Crippen molar-refractivity contribution in [1.82, 2.24) is 10.3 Å². The number of pyridine rings is 1. The van der Waals surface area contributed by atoms with Crippen LogP contribution in [-0.4, -0.2) is 29.5 Å². The summed E-state index contributed by atoms with van der Waals surface area (Å²) >= 11 is 0. The molecule has 1 amide bonds. The fraction of sp³-hybridized carbons (Fsp3) is 0.353. The topological polar surface area (TPSA) is 68.3 Å². The minimum atomic E-state index is -0.706. The number of benzene rings is 1. The van der Waals surface area contributed by atoms with Gasteiger partial charge in [0, 0.05) is 17.6 Å². The summed E-state index contributed by atoms with van der Waals surface area (Å²) < 4.78 is 5.45. The molecule has 114 valence electrons. The molecule has 1 aromatic heterocycles. The van der Waals surface area contributed by atoms with Crippen LogP contribution in [0.1, 0.15) is 35.3 Å². The molecule has 0 aliphatic carbocycles. The molecule has 1 atom stereocenters. The van der Waals surface area contributed by atoms with Crippen LogP contribution in [0.3, 0.4) is 0 Å². The van der Waals surface area contributed by atoms with E-state index in [1.54, 1.807) is 6.07 Å². The SMILES string of the molecule is Cc1cc(C(=O)O[C@H]2CCCCNC2=O)c2ccccc2n1. The maximum absolute atomic E-state index is 12.5. The number of para-hydroxylation sites is 1. The number of ether oxygens (including phenoxy) is 1. The van der Waals surface area contributed by atoms with Gasteiger partial charge in [-0.2, -0.15) is 0 Å². The lowest BCUT2D eigenvalue weighted by Crippen LogP contribution is -2.36. The van der Waals surface area contributed by atoms with Gasteiger partial charge in [0.1, 0.15) is 0 Å². The van der Waals surface area contributed by atoms with Crippen LogP contribution >= 0.6 is 0 Å². The second-order valence-corrected chi connectivity index (χ2v) is 5.51. The molecule has 1 aromatic carbocycles. The zero-order valence-corrected chi connectivity index (χ0v) is 12.5. The van der Waals surface area contributed by atoms with Gasteiger partial charge < -0.3 is 10.1 Å². The lowest BCUT2D eigenvalue weighted by Gasteiger charge is -2.15. The van der Waals surface area contributed by atoms with Crippen molar-refractivity contribution in [3.8, 4) is 0 Å². The Morgan fingerprint density at radius 2 is 2.14 bits per heavy atom. The van der Waals surface area contributed by atoms with E-state index in [9.17, 15) is 9.59 Å². The van der Waals surface area contributed by atoms with Crippen LogP contribution < -0.4 is 5.32 Å². The Balaban J connectivity index is 1.90. The number of carbonyl (C=O) groups is 2. The molecule has 2 aromatic rings. The standard InChI is InChI=1S/C17H18N2O3/c1-11-10-13(12-6-2-3-7-14(12)19-11)17(21)22-15-8-4-5-9-18-16(15)20/h2-3,6-7,10,15H,4-5,8-9H2,1H3,(H,18,20)/t15-/m0/s1. The van der Waals surface area contributed by atoms with Crippen LogP contribution in [0, 0.1) is 6.92 Å². The predicted octanol–water partition coefficient (Wildman–Crippen LogP) is 2.37. The summed E-state index contributed by atoms with van der Waals surface area (Å²) in [6.07, 6.45) is 1.64. The number of hydrogen-bond donors (Lipinski definition) is 1. The Bertz CT molecular complexity index is 727. The van der Waals surface area contributed by atoms with Crippen molar-refractivity contribution in [2.75, 3.05) is 6.54 Å². The van der Waals surface area contributed by atoms with Gasteiger partial charge >= 0.3 is 5.97 Å². The number of carbonyl (C=O) groups excluding carboxylic acids is 2. The predicted molar refractivity (Wildman–Crippen MR) is 82.5 cm³/mol. The average molecular weight is 298 g/mol. The van der Waals surface area contributed by atoms with Gasteiger partial charge in [-0.25, -0.2) is 4.79 Å². The largest absolute Gasteiger partial charge is 0.449 e. The van der Waals surface area contributed by atoms with Gasteiger partial charge in [0.25, 0.3) is 5.91 Å². The first-order valence-corrected chi connectivity index (χ1v) is 7.50. The normalized spacial score (nSPS) is 18.6. The molecule has 5 nitrogen and oxygen atoms in total. The molecule has 0 spiro atoms. The van der Waals surface area contributed by atoms with Crippen molar-refractivity contribution in [3.63, 3.8) is 0 Å². The minimum absolute atomic E-state index is 0.207. The Morgan fingerprint density at radius 1 is 1.32 bits per heavy atom. The Hall–Kier alpha value is -2.43. The number of fused-ring (bicyclic) bond motifs is 1. The Labute approximate surface area is 128 Å². The highest BCUT2D eigenvalue weighted by molar-refractivity contribution is 6.04. The average Bonchev–Trinajstić information content (AvgIpc) is 2.71. The van der Waals surface area contributed by atoms with E-state index in [1.165, 1.54) is 0 Å². The van der Waals surface area contributed by atoms with E-state index in [2.05, 4.69) is 10.3 Å². The molecule has 1 fully saturated rings. The molecule has 5 heteroatoms. The highest BCUT2D eigenvalue weighted by Gasteiger charge is 2.26. The smallest absolute Gasteiger partial charge is 0.339 e. The summed E-state index contributed by atoms with van der Waals surface area (Å²) in [7, 11) is 0. The van der Waals surface area contributed by atoms with E-state index in [0.29, 0.717) is 18.5 Å². The molecule has 1 aliphatic rings. The molecule has 0 radical (unpaired) electrons. The van der Waals surface area contributed by atoms with E-state index >= 15 is 0 Å². The van der Waals surface area contributed by atoms with Crippen LogP contribution in [0.15, 0.2) is 30.3 Å². The van der Waals surface area contributed by atoms with Gasteiger partial charge in [0.05, 0.1) is 11.1 Å². The van der Waals surface area contributed by atoms with Gasteiger partial charge in [-0.15, -0.1) is 0 Å². The number of nitrogens with zero attached hydrogens (tertiary/aromatic N) is 1. The van der Waals surface area contributed by atoms with E-state index in [0.717, 1.165) is 29.4 Å². The number of esters is 1. The van der Waals surface area contributed by atoms with Crippen LogP contribution in [0.5, 0.6) is 0 Å². The van der Waals surface area contributed by atoms with Crippen LogP contribution in [-0.2, 0) is 9.53 Å². The summed E-state index contributed by atoms with van der Waals surface area (Å²) in [5.74, 6) is -0.676. The van der Waals surface area contributed by atoms with Crippen molar-refractivity contribution in [2.45, 2.75) is 32.3 Å². The molecular formula is C17H18N2O3. The number of nitrogens with one attached hydrogen (secondary N) is 1. The van der Waals surface area contributed by atoms with Gasteiger partial charge in [-0.3, -0.25) is 9.78 Å². The quantitative estimate of drug-likeness (QED) is 0.864. The summed E-state index contributed by atoms with van der Waals surface area (Å²) in [4.78, 5) is 28.8. The molecule has 0 unspecified atom stereocenters. The lowest BCUT2D eigenvalue weighted by molar-refractivity contribution is -0.129. The van der Waals surface area contributed by atoms with E-state index in [-0.39, 0.29) is 5.91 Å². The van der Waals surface area contributed by atoms with Crippen LogP contribution in [0.4, 0.5) is 0 Å². The summed E-state index contributed by atoms with van der Waals surface area (Å²) in [6, 6.07) is 9.14. The molecule has 1 saturated heterocycles. The summed E-state index contributed by atoms with van der Waals surface area (Å²) in [6.45, 7) is 2.48. The second kappa shape index (κ2) is 6.13. The highest BCUT2D eigenvalue weighted by Crippen LogP contribution is 2.20. The van der Waals surface area contributed by atoms with Crippen LogP contribution in [0.25, 0.3) is 10.9 Å². The van der Waals surface area contributed by atoms with Gasteiger partial charge in [-0.05, 0) is 38.3 Å². The van der Waals surface area contributed by atoms with E-state index in [1.807, 2.05) is 31.2 Å². The Kier molecular flexibility index (Phi) is 4.04. The Morgan fingerprint density at radius 3 is 3.00 bits per heavy atom. The molecule has 0 bridgehead atoms. The molecular weight excluding hydrogens is 280 g/mol. The zero-order valence-electron chi connectivity index (χ0n) is 12.5. The fourth-order valence-corrected chi connectivity index (χ4v) is 2.69. The number of aryl methyl sites for hydroxylation is 1. The fourth-order valence-electron chi connectivity index (χ4n) is 2.69. The zero-order chi connectivity index (χ0) is 15.5. The molecule has 0 saturated carbocycles. The molecule has 2 heterocycles. The minimum Gasteiger partial charge on any atom is -0.449 e. The van der Waals surface area contributed by atoms with E-state index in [4.69, 9.17) is 4.74 Å². The molecule has 3 rings (SSSR count). The maximum Gasteiger partial charge on any atom is 0.339 e. The van der Waals surface area contributed by atoms with Gasteiger partial charge in [0.2, 0.25) is 0 Å². The molecule has 22 heavy (non-hydrogen) atoms. The lowest BCUT2D eigenvalue weighted by atomic mass is 10.1. The van der Waals surface area contributed by atoms with Crippen molar-refractivity contribution in [3.05, 3.63) is 41.6 Å². The molecule has 1 aliphatic heterocycles. The summed E-state index contributed by atoms with van der Waals surface area (Å²) in [5.41, 5.74) is 1.95.